The fourth-order valence-corrected chi connectivity index (χ4v) is 4.55. The fraction of sp³-hybridized carbons (Fsp3) is 0.200. The summed E-state index contributed by atoms with van der Waals surface area (Å²) in [6.07, 6.45) is 0.592. The van der Waals surface area contributed by atoms with Crippen LogP contribution in [-0.2, 0) is 11.2 Å². The molecule has 1 amide bonds. The van der Waals surface area contributed by atoms with E-state index in [0.717, 1.165) is 27.7 Å². The van der Waals surface area contributed by atoms with Crippen molar-refractivity contribution in [2.24, 2.45) is 0 Å². The van der Waals surface area contributed by atoms with E-state index in [1.54, 1.807) is 13.1 Å². The molecule has 0 saturated carbocycles. The lowest BCUT2D eigenvalue weighted by molar-refractivity contribution is -0.127. The van der Waals surface area contributed by atoms with Crippen LogP contribution >= 0.6 is 12.2 Å². The van der Waals surface area contributed by atoms with E-state index < -0.39 is 0 Å². The smallest absolute Gasteiger partial charge is 0.251 e. The number of thiocarbonyl (C=S) groups is 1. The maximum atomic E-state index is 14.0. The van der Waals surface area contributed by atoms with Crippen molar-refractivity contribution >= 4 is 34.1 Å². The summed E-state index contributed by atoms with van der Waals surface area (Å²) in [6.45, 7) is 0. The molecule has 0 spiro atoms. The minimum absolute atomic E-state index is 0.00710. The van der Waals surface area contributed by atoms with Crippen molar-refractivity contribution < 1.29 is 9.18 Å². The Kier molecular flexibility index (Phi) is 3.21. The zero-order valence-electron chi connectivity index (χ0n) is 14.1. The Bertz CT molecular complexity index is 1080. The SMILES string of the molecule is CN1C(=O)[C@H]2Cc3c([nH]c4ccccc34)[C@H](c3cccc(F)c3)N2C1=S. The average Bonchev–Trinajstić information content (AvgIpc) is 3.12. The lowest BCUT2D eigenvalue weighted by Gasteiger charge is -2.37. The third-order valence-electron chi connectivity index (χ3n) is 5.42. The number of H-pyrrole nitrogens is 1. The van der Waals surface area contributed by atoms with Gasteiger partial charge in [-0.25, -0.2) is 4.39 Å². The molecule has 1 N–H and O–H groups in total. The number of aromatic nitrogens is 1. The predicted molar refractivity (Wildman–Crippen MR) is 101 cm³/mol. The van der Waals surface area contributed by atoms with Crippen LogP contribution in [0.5, 0.6) is 0 Å². The number of likely N-dealkylation sites (N-methyl/N-ethyl adjacent to an activating group) is 1. The van der Waals surface area contributed by atoms with Crippen LogP contribution in [0.25, 0.3) is 10.9 Å². The number of amides is 1. The van der Waals surface area contributed by atoms with Crippen LogP contribution in [0.1, 0.15) is 22.9 Å². The van der Waals surface area contributed by atoms with Crippen molar-refractivity contribution in [3.8, 4) is 0 Å². The highest BCUT2D eigenvalue weighted by Gasteiger charge is 2.49. The monoisotopic (exact) mass is 365 g/mol. The molecular formula is C20H16FN3OS. The molecular weight excluding hydrogens is 349 g/mol. The Hall–Kier alpha value is -2.73. The van der Waals surface area contributed by atoms with Crippen molar-refractivity contribution in [1.82, 2.24) is 14.8 Å². The van der Waals surface area contributed by atoms with Crippen LogP contribution < -0.4 is 0 Å². The first-order chi connectivity index (χ1) is 12.6. The molecule has 130 valence electrons. The van der Waals surface area contributed by atoms with Crippen molar-refractivity contribution in [1.29, 1.82) is 0 Å². The molecule has 2 aliphatic heterocycles. The maximum Gasteiger partial charge on any atom is 0.251 e. The number of nitrogens with one attached hydrogen (secondary N) is 1. The van der Waals surface area contributed by atoms with Gasteiger partial charge in [-0.3, -0.25) is 9.69 Å². The van der Waals surface area contributed by atoms with E-state index in [1.807, 2.05) is 29.2 Å². The summed E-state index contributed by atoms with van der Waals surface area (Å²) in [4.78, 5) is 19.7. The van der Waals surface area contributed by atoms with Gasteiger partial charge >= 0.3 is 0 Å². The highest BCUT2D eigenvalue weighted by molar-refractivity contribution is 7.80. The third-order valence-corrected chi connectivity index (χ3v) is 5.90. The van der Waals surface area contributed by atoms with Crippen LogP contribution in [0.2, 0.25) is 0 Å². The van der Waals surface area contributed by atoms with Gasteiger partial charge in [0.2, 0.25) is 0 Å². The van der Waals surface area contributed by atoms with Gasteiger partial charge in [0.25, 0.3) is 5.91 Å². The minimum Gasteiger partial charge on any atom is -0.356 e. The van der Waals surface area contributed by atoms with Gasteiger partial charge < -0.3 is 9.88 Å². The van der Waals surface area contributed by atoms with Gasteiger partial charge in [-0.05, 0) is 41.5 Å². The van der Waals surface area contributed by atoms with Crippen LogP contribution in [0.3, 0.4) is 0 Å². The van der Waals surface area contributed by atoms with Crippen molar-refractivity contribution in [2.45, 2.75) is 18.5 Å². The number of hydrogen-bond acceptors (Lipinski definition) is 2. The number of carbonyl (C=O) groups excluding carboxylic acids is 1. The number of hydrogen-bond donors (Lipinski definition) is 1. The first-order valence-corrected chi connectivity index (χ1v) is 8.92. The number of para-hydroxylation sites is 1. The molecule has 4 nitrogen and oxygen atoms in total. The number of rotatable bonds is 1. The summed E-state index contributed by atoms with van der Waals surface area (Å²) < 4.78 is 14.0. The van der Waals surface area contributed by atoms with E-state index >= 15 is 0 Å². The Morgan fingerprint density at radius 2 is 2.00 bits per heavy atom. The maximum absolute atomic E-state index is 14.0. The molecule has 3 heterocycles. The standard InChI is InChI=1S/C20H16FN3OS/c1-23-19(25)16-10-14-13-7-2-3-8-15(13)22-17(14)18(24(16)20(23)26)11-5-4-6-12(21)9-11/h2-9,16,18,22H,10H2,1H3/t16-,18+/m1/s1. The molecule has 0 radical (unpaired) electrons. The van der Waals surface area contributed by atoms with E-state index in [2.05, 4.69) is 11.1 Å². The molecule has 26 heavy (non-hydrogen) atoms. The minimum atomic E-state index is -0.354. The lowest BCUT2D eigenvalue weighted by atomic mass is 9.89. The van der Waals surface area contributed by atoms with Gasteiger partial charge in [-0.1, -0.05) is 30.3 Å². The molecule has 2 atom stereocenters. The van der Waals surface area contributed by atoms with E-state index in [1.165, 1.54) is 17.0 Å². The fourth-order valence-electron chi connectivity index (χ4n) is 4.23. The van der Waals surface area contributed by atoms with Gasteiger partial charge in [0.05, 0.1) is 6.04 Å². The number of fused-ring (bicyclic) bond motifs is 4. The molecule has 2 aromatic carbocycles. The quantitative estimate of drug-likeness (QED) is 0.672. The van der Waals surface area contributed by atoms with E-state index in [9.17, 15) is 9.18 Å². The zero-order chi connectivity index (χ0) is 18.0. The number of aromatic amines is 1. The number of benzene rings is 2. The molecule has 3 aromatic rings. The second-order valence-corrected chi connectivity index (χ2v) is 7.19. The third kappa shape index (κ3) is 1.99. The van der Waals surface area contributed by atoms with E-state index in [-0.39, 0.29) is 23.8 Å². The highest BCUT2D eigenvalue weighted by Crippen LogP contribution is 2.43. The summed E-state index contributed by atoms with van der Waals surface area (Å²) in [5.74, 6) is -0.306. The van der Waals surface area contributed by atoms with Gasteiger partial charge in [0.1, 0.15) is 11.9 Å². The Morgan fingerprint density at radius 3 is 2.81 bits per heavy atom. The van der Waals surface area contributed by atoms with Crippen LogP contribution in [0.4, 0.5) is 4.39 Å². The number of carbonyl (C=O) groups is 1. The average molecular weight is 365 g/mol. The zero-order valence-corrected chi connectivity index (χ0v) is 14.9. The van der Waals surface area contributed by atoms with E-state index in [0.29, 0.717) is 11.5 Å². The molecule has 1 fully saturated rings. The van der Waals surface area contributed by atoms with Crippen molar-refractivity contribution in [3.63, 3.8) is 0 Å². The van der Waals surface area contributed by atoms with Gasteiger partial charge in [-0.15, -0.1) is 0 Å². The van der Waals surface area contributed by atoms with Gasteiger partial charge in [-0.2, -0.15) is 0 Å². The van der Waals surface area contributed by atoms with Gasteiger partial charge in [0, 0.05) is 30.1 Å². The molecule has 0 aliphatic carbocycles. The molecule has 6 heteroatoms. The normalized spacial score (nSPS) is 22.1. The van der Waals surface area contributed by atoms with Crippen LogP contribution in [0, 0.1) is 5.82 Å². The molecule has 0 bridgehead atoms. The van der Waals surface area contributed by atoms with Gasteiger partial charge in [0.15, 0.2) is 5.11 Å². The summed E-state index contributed by atoms with van der Waals surface area (Å²) in [7, 11) is 1.71. The second kappa shape index (κ2) is 5.38. The number of nitrogens with zero attached hydrogens (tertiary/aromatic N) is 2. The van der Waals surface area contributed by atoms with Crippen molar-refractivity contribution in [3.05, 3.63) is 71.2 Å². The predicted octanol–water partition coefficient (Wildman–Crippen LogP) is 3.38. The Morgan fingerprint density at radius 1 is 1.19 bits per heavy atom. The Balaban J connectivity index is 1.79. The first kappa shape index (κ1) is 15.5. The summed E-state index contributed by atoms with van der Waals surface area (Å²) in [6, 6.07) is 13.9. The first-order valence-electron chi connectivity index (χ1n) is 8.51. The molecule has 1 saturated heterocycles. The number of halogens is 1. The summed E-state index contributed by atoms with van der Waals surface area (Å²) in [5, 5.41) is 1.59. The lowest BCUT2D eigenvalue weighted by Crippen LogP contribution is -2.44. The summed E-state index contributed by atoms with van der Waals surface area (Å²) >= 11 is 5.56. The second-order valence-electron chi connectivity index (χ2n) is 6.83. The topological polar surface area (TPSA) is 39.3 Å². The highest BCUT2D eigenvalue weighted by atomic mass is 32.1. The summed E-state index contributed by atoms with van der Waals surface area (Å²) in [5.41, 5.74) is 3.90. The molecule has 0 unspecified atom stereocenters. The Labute approximate surface area is 155 Å². The van der Waals surface area contributed by atoms with Crippen LogP contribution in [-0.4, -0.2) is 38.9 Å². The molecule has 1 aromatic heterocycles. The molecule has 2 aliphatic rings. The van der Waals surface area contributed by atoms with Crippen molar-refractivity contribution in [2.75, 3.05) is 7.05 Å². The van der Waals surface area contributed by atoms with E-state index in [4.69, 9.17) is 12.2 Å². The molecule has 5 rings (SSSR count). The largest absolute Gasteiger partial charge is 0.356 e. The van der Waals surface area contributed by atoms with Crippen LogP contribution in [0.15, 0.2) is 48.5 Å².